The van der Waals surface area contributed by atoms with Crippen LogP contribution in [0.15, 0.2) is 158 Å². The molecule has 0 bridgehead atoms. The Morgan fingerprint density at radius 1 is 0.368 bits per heavy atom. The van der Waals surface area contributed by atoms with E-state index in [1.165, 1.54) is 38.8 Å². The molecule has 0 saturated carbocycles. The molecule has 180 valence electrons. The van der Waals surface area contributed by atoms with Gasteiger partial charge in [-0.2, -0.15) is 0 Å². The summed E-state index contributed by atoms with van der Waals surface area (Å²) in [6.45, 7) is 0. The van der Waals surface area contributed by atoms with E-state index in [4.69, 9.17) is 0 Å². The van der Waals surface area contributed by atoms with Crippen LogP contribution in [0, 0.1) is 0 Å². The van der Waals surface area contributed by atoms with Gasteiger partial charge in [0, 0.05) is 16.9 Å². The highest BCUT2D eigenvalue weighted by Crippen LogP contribution is 2.43. The van der Waals surface area contributed by atoms with Crippen LogP contribution in [0.25, 0.3) is 33.4 Å². The topological polar surface area (TPSA) is 3.24 Å². The molecule has 0 aliphatic heterocycles. The first-order chi connectivity index (χ1) is 18.8. The molecule has 0 heterocycles. The Bertz CT molecular complexity index is 1660. The van der Waals surface area contributed by atoms with Gasteiger partial charge in [0.2, 0.25) is 0 Å². The summed E-state index contributed by atoms with van der Waals surface area (Å²) in [4.78, 5) is 2.37. The number of nitrogens with zero attached hydrogens (tertiary/aromatic N) is 1. The third-order valence-corrected chi connectivity index (χ3v) is 7.00. The second-order valence-electron chi connectivity index (χ2n) is 9.50. The molecule has 6 aromatic carbocycles. The van der Waals surface area contributed by atoms with Crippen molar-refractivity contribution in [2.24, 2.45) is 0 Å². The molecular formula is C36H28BN. The predicted molar refractivity (Wildman–Crippen MR) is 166 cm³/mol. The van der Waals surface area contributed by atoms with Gasteiger partial charge in [0.15, 0.2) is 0 Å². The molecule has 38 heavy (non-hydrogen) atoms. The van der Waals surface area contributed by atoms with E-state index in [0.29, 0.717) is 0 Å². The highest BCUT2D eigenvalue weighted by atomic mass is 15.1. The highest BCUT2D eigenvalue weighted by molar-refractivity contribution is 6.35. The number of anilines is 3. The first-order valence-electron chi connectivity index (χ1n) is 13.0. The van der Waals surface area contributed by atoms with E-state index < -0.39 is 0 Å². The zero-order valence-corrected chi connectivity index (χ0v) is 21.5. The van der Waals surface area contributed by atoms with Gasteiger partial charge in [-0.25, -0.2) is 0 Å². The summed E-state index contributed by atoms with van der Waals surface area (Å²) in [5, 5.41) is 0. The maximum absolute atomic E-state index is 2.37. The van der Waals surface area contributed by atoms with Crippen molar-refractivity contribution in [2.75, 3.05) is 4.90 Å². The van der Waals surface area contributed by atoms with Gasteiger partial charge in [-0.05, 0) is 64.2 Å². The molecule has 0 unspecified atom stereocenters. The van der Waals surface area contributed by atoms with Crippen LogP contribution in [-0.4, -0.2) is 7.85 Å². The fourth-order valence-corrected chi connectivity index (χ4v) is 5.10. The second kappa shape index (κ2) is 10.7. The molecule has 0 aromatic heterocycles. The summed E-state index contributed by atoms with van der Waals surface area (Å²) >= 11 is 0. The Labute approximate surface area is 226 Å². The van der Waals surface area contributed by atoms with Crippen LogP contribution in [0.2, 0.25) is 0 Å². The molecule has 0 aliphatic carbocycles. The lowest BCUT2D eigenvalue weighted by Crippen LogP contribution is -2.12. The average Bonchev–Trinajstić information content (AvgIpc) is 2.99. The minimum atomic E-state index is 1.12. The number of hydrogen-bond donors (Lipinski definition) is 0. The zero-order valence-electron chi connectivity index (χ0n) is 21.5. The lowest BCUT2D eigenvalue weighted by Gasteiger charge is -2.29. The van der Waals surface area contributed by atoms with Crippen LogP contribution in [0.5, 0.6) is 0 Å². The van der Waals surface area contributed by atoms with Crippen molar-refractivity contribution < 1.29 is 0 Å². The summed E-state index contributed by atoms with van der Waals surface area (Å²) in [5.41, 5.74) is 11.9. The Morgan fingerprint density at radius 2 is 0.947 bits per heavy atom. The van der Waals surface area contributed by atoms with Gasteiger partial charge in [-0.15, -0.1) is 0 Å². The van der Waals surface area contributed by atoms with Crippen LogP contribution in [0.1, 0.15) is 0 Å². The SMILES string of the molecule is Bc1ccccc1-c1cccc(N(c2ccccc2)c2ccc(-c3ccccc3)cc2-c2ccccc2)c1. The molecular weight excluding hydrogens is 457 g/mol. The Kier molecular flexibility index (Phi) is 6.61. The molecule has 0 radical (unpaired) electrons. The minimum absolute atomic E-state index is 1.12. The van der Waals surface area contributed by atoms with E-state index in [1.807, 2.05) is 0 Å². The van der Waals surface area contributed by atoms with Gasteiger partial charge in [-0.3, -0.25) is 0 Å². The molecule has 0 fully saturated rings. The monoisotopic (exact) mass is 485 g/mol. The molecule has 0 atom stereocenters. The zero-order chi connectivity index (χ0) is 25.7. The third-order valence-electron chi connectivity index (χ3n) is 7.00. The molecule has 0 amide bonds. The standard InChI is InChI=1S/C36H28BN/c37-35-22-11-10-21-33(35)30-17-12-20-32(25-30)38(31-18-8-3-9-19-31)36-24-23-29(27-13-4-1-5-14-27)26-34(36)28-15-6-2-7-16-28/h1-26H,37H2. The fraction of sp³-hybridized carbons (Fsp3) is 0. The molecule has 0 saturated heterocycles. The first kappa shape index (κ1) is 23.6. The van der Waals surface area contributed by atoms with Crippen LogP contribution in [0.3, 0.4) is 0 Å². The van der Waals surface area contributed by atoms with Gasteiger partial charge in [0.05, 0.1) is 5.69 Å². The lowest BCUT2D eigenvalue weighted by atomic mass is 9.87. The van der Waals surface area contributed by atoms with Gasteiger partial charge in [0.25, 0.3) is 0 Å². The van der Waals surface area contributed by atoms with Gasteiger partial charge in [-0.1, -0.05) is 127 Å². The van der Waals surface area contributed by atoms with Crippen LogP contribution >= 0.6 is 0 Å². The molecule has 0 N–H and O–H groups in total. The van der Waals surface area contributed by atoms with E-state index in [0.717, 1.165) is 17.1 Å². The van der Waals surface area contributed by atoms with E-state index >= 15 is 0 Å². The predicted octanol–water partition coefficient (Wildman–Crippen LogP) is 8.42. The van der Waals surface area contributed by atoms with Crippen molar-refractivity contribution in [3.8, 4) is 33.4 Å². The van der Waals surface area contributed by atoms with Gasteiger partial charge < -0.3 is 4.90 Å². The van der Waals surface area contributed by atoms with E-state index in [9.17, 15) is 0 Å². The molecule has 2 heteroatoms. The smallest absolute Gasteiger partial charge is 0.140 e. The number of para-hydroxylation sites is 1. The van der Waals surface area contributed by atoms with E-state index in [2.05, 4.69) is 170 Å². The maximum atomic E-state index is 2.37. The van der Waals surface area contributed by atoms with Gasteiger partial charge in [0.1, 0.15) is 7.85 Å². The number of benzene rings is 6. The minimum Gasteiger partial charge on any atom is -0.310 e. The first-order valence-corrected chi connectivity index (χ1v) is 13.0. The molecule has 6 rings (SSSR count). The van der Waals surface area contributed by atoms with Crippen molar-refractivity contribution in [1.29, 1.82) is 0 Å². The van der Waals surface area contributed by atoms with Crippen LogP contribution in [-0.2, 0) is 0 Å². The summed E-state index contributed by atoms with van der Waals surface area (Å²) in [7, 11) is 2.17. The van der Waals surface area contributed by atoms with Crippen molar-refractivity contribution in [3.63, 3.8) is 0 Å². The number of hydrogen-bond acceptors (Lipinski definition) is 1. The maximum Gasteiger partial charge on any atom is 0.140 e. The highest BCUT2D eigenvalue weighted by Gasteiger charge is 2.18. The Balaban J connectivity index is 1.57. The fourth-order valence-electron chi connectivity index (χ4n) is 5.10. The summed E-state index contributed by atoms with van der Waals surface area (Å²) in [5.74, 6) is 0. The average molecular weight is 485 g/mol. The van der Waals surface area contributed by atoms with Crippen molar-refractivity contribution in [1.82, 2.24) is 0 Å². The quantitative estimate of drug-likeness (QED) is 0.214. The third kappa shape index (κ3) is 4.77. The van der Waals surface area contributed by atoms with E-state index in [1.54, 1.807) is 0 Å². The summed E-state index contributed by atoms with van der Waals surface area (Å²) < 4.78 is 0. The molecule has 0 aliphatic rings. The van der Waals surface area contributed by atoms with Crippen LogP contribution < -0.4 is 10.4 Å². The van der Waals surface area contributed by atoms with E-state index in [-0.39, 0.29) is 0 Å². The summed E-state index contributed by atoms with van der Waals surface area (Å²) in [6, 6.07) is 56.2. The van der Waals surface area contributed by atoms with Crippen molar-refractivity contribution >= 4 is 30.4 Å². The second-order valence-corrected chi connectivity index (χ2v) is 9.50. The van der Waals surface area contributed by atoms with Crippen LogP contribution in [0.4, 0.5) is 17.1 Å². The largest absolute Gasteiger partial charge is 0.310 e. The molecule has 1 nitrogen and oxygen atoms in total. The lowest BCUT2D eigenvalue weighted by molar-refractivity contribution is 1.28. The Hall–Kier alpha value is -4.82. The summed E-state index contributed by atoms with van der Waals surface area (Å²) in [6.07, 6.45) is 0. The van der Waals surface area contributed by atoms with Crippen molar-refractivity contribution in [3.05, 3.63) is 158 Å². The molecule has 0 spiro atoms. The molecule has 6 aromatic rings. The van der Waals surface area contributed by atoms with Gasteiger partial charge >= 0.3 is 0 Å². The Morgan fingerprint density at radius 3 is 1.66 bits per heavy atom. The number of rotatable bonds is 6. The van der Waals surface area contributed by atoms with Crippen molar-refractivity contribution in [2.45, 2.75) is 0 Å². The normalized spacial score (nSPS) is 10.7.